The third-order valence-corrected chi connectivity index (χ3v) is 6.49. The van der Waals surface area contributed by atoms with Crippen LogP contribution in [0, 0.1) is 0 Å². The third kappa shape index (κ3) is 3.28. The molecule has 150 valence electrons. The molecule has 0 saturated carbocycles. The molecule has 4 aromatic rings. The number of para-hydroxylation sites is 1. The van der Waals surface area contributed by atoms with Crippen molar-refractivity contribution in [3.05, 3.63) is 65.2 Å². The van der Waals surface area contributed by atoms with Crippen molar-refractivity contribution in [1.29, 1.82) is 0 Å². The van der Waals surface area contributed by atoms with Crippen molar-refractivity contribution in [2.75, 3.05) is 31.1 Å². The lowest BCUT2D eigenvalue weighted by Crippen LogP contribution is -2.47. The molecule has 1 N–H and O–H groups in total. The van der Waals surface area contributed by atoms with Gasteiger partial charge in [0.2, 0.25) is 10.8 Å². The molecule has 1 aliphatic rings. The van der Waals surface area contributed by atoms with E-state index in [4.69, 9.17) is 4.42 Å². The summed E-state index contributed by atoms with van der Waals surface area (Å²) in [5.74, 6) is 1.72. The zero-order valence-electron chi connectivity index (χ0n) is 16.2. The van der Waals surface area contributed by atoms with Gasteiger partial charge in [0.25, 0.3) is 0 Å². The van der Waals surface area contributed by atoms with Gasteiger partial charge in [-0.1, -0.05) is 36.5 Å². The number of nitrogens with zero attached hydrogens (tertiary/aromatic N) is 5. The van der Waals surface area contributed by atoms with Crippen LogP contribution in [0.3, 0.4) is 0 Å². The van der Waals surface area contributed by atoms with Crippen LogP contribution in [0.4, 0.5) is 5.69 Å². The smallest absolute Gasteiger partial charge is 0.230 e. The highest BCUT2D eigenvalue weighted by Gasteiger charge is 2.33. The highest BCUT2D eigenvalue weighted by atomic mass is 32.1. The minimum Gasteiger partial charge on any atom is -0.492 e. The van der Waals surface area contributed by atoms with Crippen LogP contribution in [0.2, 0.25) is 0 Å². The van der Waals surface area contributed by atoms with Crippen LogP contribution in [-0.2, 0) is 6.42 Å². The maximum Gasteiger partial charge on any atom is 0.230 e. The summed E-state index contributed by atoms with van der Waals surface area (Å²) in [5.41, 5.74) is 1.25. The molecule has 1 fully saturated rings. The van der Waals surface area contributed by atoms with Crippen LogP contribution in [0.5, 0.6) is 5.88 Å². The van der Waals surface area contributed by atoms with Crippen molar-refractivity contribution in [2.45, 2.75) is 19.4 Å². The Morgan fingerprint density at radius 2 is 1.90 bits per heavy atom. The minimum atomic E-state index is -0.151. The van der Waals surface area contributed by atoms with Crippen molar-refractivity contribution in [2.24, 2.45) is 0 Å². The molecule has 0 unspecified atom stereocenters. The quantitative estimate of drug-likeness (QED) is 0.544. The SMILES string of the molecule is CCc1nc2sc([C@@H](c3ccco3)N3CCN(c4ccccc4)CC3)c(O)n2n1. The van der Waals surface area contributed by atoms with E-state index in [-0.39, 0.29) is 11.9 Å². The Morgan fingerprint density at radius 1 is 1.10 bits per heavy atom. The summed E-state index contributed by atoms with van der Waals surface area (Å²) < 4.78 is 7.33. The number of piperazine rings is 1. The average molecular weight is 410 g/mol. The van der Waals surface area contributed by atoms with Gasteiger partial charge in [-0.15, -0.1) is 5.10 Å². The summed E-state index contributed by atoms with van der Waals surface area (Å²) in [7, 11) is 0. The number of hydrogen-bond donors (Lipinski definition) is 1. The number of anilines is 1. The molecule has 0 radical (unpaired) electrons. The first kappa shape index (κ1) is 18.2. The molecule has 3 aromatic heterocycles. The highest BCUT2D eigenvalue weighted by Crippen LogP contribution is 2.40. The maximum atomic E-state index is 10.9. The van der Waals surface area contributed by atoms with Gasteiger partial charge in [0.15, 0.2) is 5.82 Å². The summed E-state index contributed by atoms with van der Waals surface area (Å²) in [6.07, 6.45) is 2.43. The maximum absolute atomic E-state index is 10.9. The second kappa shape index (κ2) is 7.53. The fourth-order valence-electron chi connectivity index (χ4n) is 3.92. The summed E-state index contributed by atoms with van der Waals surface area (Å²) in [6, 6.07) is 14.2. The molecule has 29 heavy (non-hydrogen) atoms. The minimum absolute atomic E-state index is 0.151. The highest BCUT2D eigenvalue weighted by molar-refractivity contribution is 7.17. The topological polar surface area (TPSA) is 70.0 Å². The van der Waals surface area contributed by atoms with Crippen LogP contribution >= 0.6 is 11.3 Å². The number of hydrogen-bond acceptors (Lipinski definition) is 7. The Bertz CT molecular complexity index is 1080. The summed E-state index contributed by atoms with van der Waals surface area (Å²) in [6.45, 7) is 5.59. The Balaban J connectivity index is 1.45. The van der Waals surface area contributed by atoms with Gasteiger partial charge in [0, 0.05) is 38.3 Å². The average Bonchev–Trinajstić information content (AvgIpc) is 3.49. The van der Waals surface area contributed by atoms with E-state index in [2.05, 4.69) is 44.1 Å². The van der Waals surface area contributed by atoms with E-state index in [1.54, 1.807) is 10.8 Å². The monoisotopic (exact) mass is 409 g/mol. The molecule has 1 aromatic carbocycles. The Hall–Kier alpha value is -2.84. The number of furan rings is 1. The first-order valence-electron chi connectivity index (χ1n) is 9.89. The van der Waals surface area contributed by atoms with Crippen molar-refractivity contribution in [3.63, 3.8) is 0 Å². The molecular formula is C21H23N5O2S. The summed E-state index contributed by atoms with van der Waals surface area (Å²) >= 11 is 1.48. The van der Waals surface area contributed by atoms with Crippen LogP contribution in [0.25, 0.3) is 4.96 Å². The number of aryl methyl sites for hydroxylation is 1. The van der Waals surface area contributed by atoms with Gasteiger partial charge in [-0.25, -0.2) is 4.98 Å². The molecule has 8 heteroatoms. The van der Waals surface area contributed by atoms with E-state index in [0.29, 0.717) is 4.96 Å². The second-order valence-corrected chi connectivity index (χ2v) is 8.15. The molecule has 5 rings (SSSR count). The lowest BCUT2D eigenvalue weighted by Gasteiger charge is -2.39. The largest absolute Gasteiger partial charge is 0.492 e. The van der Waals surface area contributed by atoms with E-state index in [9.17, 15) is 5.11 Å². The van der Waals surface area contributed by atoms with Crippen LogP contribution in [-0.4, -0.2) is 50.8 Å². The molecule has 0 bridgehead atoms. The molecule has 1 saturated heterocycles. The van der Waals surface area contributed by atoms with Crippen LogP contribution in [0.15, 0.2) is 53.1 Å². The van der Waals surface area contributed by atoms with E-state index in [1.165, 1.54) is 17.0 Å². The second-order valence-electron chi connectivity index (χ2n) is 7.14. The standard InChI is InChI=1S/C21H23N5O2S/c1-2-17-22-21-26(23-17)20(27)19(29-21)18(16-9-6-14-28-16)25-12-10-24(11-13-25)15-7-4-3-5-8-15/h3-9,14,18,27H,2,10-13H2,1H3/t18-/m1/s1. The summed E-state index contributed by atoms with van der Waals surface area (Å²) in [5, 5.41) is 15.3. The molecule has 1 aliphatic heterocycles. The number of aromatic hydroxyl groups is 1. The van der Waals surface area contributed by atoms with E-state index in [1.807, 2.05) is 25.1 Å². The van der Waals surface area contributed by atoms with Gasteiger partial charge in [-0.2, -0.15) is 4.52 Å². The molecule has 0 spiro atoms. The van der Waals surface area contributed by atoms with Gasteiger partial charge in [-0.05, 0) is 24.3 Å². The normalized spacial score (nSPS) is 16.5. The Kier molecular flexibility index (Phi) is 4.73. The van der Waals surface area contributed by atoms with E-state index in [0.717, 1.165) is 49.1 Å². The van der Waals surface area contributed by atoms with E-state index < -0.39 is 0 Å². The lowest BCUT2D eigenvalue weighted by molar-refractivity contribution is 0.191. The lowest BCUT2D eigenvalue weighted by atomic mass is 10.1. The van der Waals surface area contributed by atoms with Crippen LogP contribution in [0.1, 0.15) is 29.4 Å². The van der Waals surface area contributed by atoms with Gasteiger partial charge in [-0.3, -0.25) is 4.90 Å². The Labute approximate surface area is 172 Å². The van der Waals surface area contributed by atoms with Crippen LogP contribution < -0.4 is 4.90 Å². The first-order valence-corrected chi connectivity index (χ1v) is 10.7. The van der Waals surface area contributed by atoms with Crippen molar-refractivity contribution in [3.8, 4) is 5.88 Å². The summed E-state index contributed by atoms with van der Waals surface area (Å²) in [4.78, 5) is 10.8. The fraction of sp³-hybridized carbons (Fsp3) is 0.333. The third-order valence-electron chi connectivity index (χ3n) is 5.42. The van der Waals surface area contributed by atoms with Crippen molar-refractivity contribution >= 4 is 22.0 Å². The van der Waals surface area contributed by atoms with Gasteiger partial charge in [0.1, 0.15) is 11.8 Å². The fourth-order valence-corrected chi connectivity index (χ4v) is 5.03. The zero-order chi connectivity index (χ0) is 19.8. The molecule has 0 amide bonds. The molecular weight excluding hydrogens is 386 g/mol. The van der Waals surface area contributed by atoms with E-state index >= 15 is 0 Å². The number of benzene rings is 1. The predicted octanol–water partition coefficient (Wildman–Crippen LogP) is 3.56. The number of fused-ring (bicyclic) bond motifs is 1. The Morgan fingerprint density at radius 3 is 2.55 bits per heavy atom. The van der Waals surface area contributed by atoms with Gasteiger partial charge >= 0.3 is 0 Å². The molecule has 1 atom stereocenters. The number of thiazole rings is 1. The molecule has 0 aliphatic carbocycles. The zero-order valence-corrected chi connectivity index (χ0v) is 17.0. The molecule has 7 nitrogen and oxygen atoms in total. The van der Waals surface area contributed by atoms with Gasteiger partial charge in [0.05, 0.1) is 11.1 Å². The van der Waals surface area contributed by atoms with Crippen molar-refractivity contribution in [1.82, 2.24) is 19.5 Å². The first-order chi connectivity index (χ1) is 14.2. The number of rotatable bonds is 5. The predicted molar refractivity (Wildman–Crippen MR) is 113 cm³/mol. The number of aromatic nitrogens is 3. The molecule has 4 heterocycles. The van der Waals surface area contributed by atoms with Crippen molar-refractivity contribution < 1.29 is 9.52 Å². The van der Waals surface area contributed by atoms with Gasteiger partial charge < -0.3 is 14.4 Å².